The smallest absolute Gasteiger partial charge is 0.337 e. The topological polar surface area (TPSA) is 17.8 Å². The fourth-order valence-corrected chi connectivity index (χ4v) is 2.12. The SMILES string of the molecule is CC(C)c1ccc(Cc2cncn2C)c(C(F)(F)F)c1. The molecule has 20 heavy (non-hydrogen) atoms. The van der Waals surface area contributed by atoms with Crippen LogP contribution < -0.4 is 0 Å². The third kappa shape index (κ3) is 3.03. The molecule has 0 atom stereocenters. The number of aromatic nitrogens is 2. The summed E-state index contributed by atoms with van der Waals surface area (Å²) >= 11 is 0. The van der Waals surface area contributed by atoms with Crippen LogP contribution in [0.5, 0.6) is 0 Å². The fraction of sp³-hybridized carbons (Fsp3) is 0.400. The Hall–Kier alpha value is -1.78. The summed E-state index contributed by atoms with van der Waals surface area (Å²) < 4.78 is 41.3. The van der Waals surface area contributed by atoms with Crippen molar-refractivity contribution in [3.63, 3.8) is 0 Å². The highest BCUT2D eigenvalue weighted by atomic mass is 19.4. The molecular weight excluding hydrogens is 265 g/mol. The molecule has 0 radical (unpaired) electrons. The molecule has 0 aliphatic heterocycles. The van der Waals surface area contributed by atoms with E-state index in [4.69, 9.17) is 0 Å². The van der Waals surface area contributed by atoms with Crippen LogP contribution in [0.15, 0.2) is 30.7 Å². The Morgan fingerprint density at radius 1 is 1.25 bits per heavy atom. The van der Waals surface area contributed by atoms with Crippen LogP contribution in [0.1, 0.15) is 42.1 Å². The van der Waals surface area contributed by atoms with Crippen LogP contribution >= 0.6 is 0 Å². The molecule has 0 saturated heterocycles. The number of hydrogen-bond donors (Lipinski definition) is 0. The lowest BCUT2D eigenvalue weighted by atomic mass is 9.95. The average Bonchev–Trinajstić information content (AvgIpc) is 2.74. The Morgan fingerprint density at radius 3 is 2.45 bits per heavy atom. The van der Waals surface area contributed by atoms with E-state index in [1.54, 1.807) is 36.3 Å². The van der Waals surface area contributed by atoms with Gasteiger partial charge >= 0.3 is 6.18 Å². The van der Waals surface area contributed by atoms with Crippen LogP contribution in [-0.4, -0.2) is 9.55 Å². The minimum atomic E-state index is -4.33. The highest BCUT2D eigenvalue weighted by molar-refractivity contribution is 5.37. The van der Waals surface area contributed by atoms with Gasteiger partial charge in [0.05, 0.1) is 11.9 Å². The van der Waals surface area contributed by atoms with Gasteiger partial charge in [-0.2, -0.15) is 13.2 Å². The quantitative estimate of drug-likeness (QED) is 0.826. The van der Waals surface area contributed by atoms with Gasteiger partial charge in [-0.1, -0.05) is 26.0 Å². The Labute approximate surface area is 116 Å². The molecule has 0 saturated carbocycles. The standard InChI is InChI=1S/C15H17F3N2/c1-10(2)11-4-5-12(14(7-11)15(16,17)18)6-13-8-19-9-20(13)3/h4-5,7-10H,6H2,1-3H3. The zero-order valence-electron chi connectivity index (χ0n) is 11.7. The molecule has 2 aromatic rings. The molecular formula is C15H17F3N2. The van der Waals surface area contributed by atoms with Crippen LogP contribution in [-0.2, 0) is 19.6 Å². The fourth-order valence-electron chi connectivity index (χ4n) is 2.12. The van der Waals surface area contributed by atoms with Crippen molar-refractivity contribution in [2.45, 2.75) is 32.4 Å². The van der Waals surface area contributed by atoms with E-state index in [0.717, 1.165) is 5.69 Å². The van der Waals surface area contributed by atoms with Crippen LogP contribution in [0.4, 0.5) is 13.2 Å². The van der Waals surface area contributed by atoms with Gasteiger partial charge in [-0.15, -0.1) is 0 Å². The normalized spacial score (nSPS) is 12.2. The number of hydrogen-bond acceptors (Lipinski definition) is 1. The Bertz CT molecular complexity index is 597. The summed E-state index contributed by atoms with van der Waals surface area (Å²) in [4.78, 5) is 3.94. The number of aryl methyl sites for hydroxylation is 1. The number of nitrogens with zero attached hydrogens (tertiary/aromatic N) is 2. The van der Waals surface area contributed by atoms with Crippen LogP contribution in [0, 0.1) is 0 Å². The van der Waals surface area contributed by atoms with Crippen molar-refractivity contribution in [2.75, 3.05) is 0 Å². The molecule has 2 nitrogen and oxygen atoms in total. The van der Waals surface area contributed by atoms with E-state index in [1.807, 2.05) is 13.8 Å². The van der Waals surface area contributed by atoms with Crippen molar-refractivity contribution in [3.8, 4) is 0 Å². The molecule has 0 N–H and O–H groups in total. The average molecular weight is 282 g/mol. The second-order valence-electron chi connectivity index (χ2n) is 5.24. The zero-order chi connectivity index (χ0) is 14.9. The maximum Gasteiger partial charge on any atom is 0.416 e. The van der Waals surface area contributed by atoms with Crippen molar-refractivity contribution < 1.29 is 13.2 Å². The van der Waals surface area contributed by atoms with Gasteiger partial charge in [-0.25, -0.2) is 4.98 Å². The summed E-state index contributed by atoms with van der Waals surface area (Å²) in [6, 6.07) is 4.60. The largest absolute Gasteiger partial charge is 0.416 e. The molecule has 0 fully saturated rings. The van der Waals surface area contributed by atoms with Crippen molar-refractivity contribution >= 4 is 0 Å². The molecule has 1 heterocycles. The molecule has 1 aromatic heterocycles. The molecule has 0 aliphatic carbocycles. The first-order valence-corrected chi connectivity index (χ1v) is 6.44. The minimum absolute atomic E-state index is 0.0712. The lowest BCUT2D eigenvalue weighted by Gasteiger charge is -2.16. The summed E-state index contributed by atoms with van der Waals surface area (Å²) in [5.74, 6) is 0.0712. The summed E-state index contributed by atoms with van der Waals surface area (Å²) in [6.07, 6.45) is -0.926. The van der Waals surface area contributed by atoms with E-state index in [1.165, 1.54) is 6.07 Å². The lowest BCUT2D eigenvalue weighted by Crippen LogP contribution is -2.11. The number of rotatable bonds is 3. The van der Waals surface area contributed by atoms with Gasteiger partial charge in [-0.05, 0) is 23.1 Å². The van der Waals surface area contributed by atoms with E-state index in [-0.39, 0.29) is 17.9 Å². The summed E-state index contributed by atoms with van der Waals surface area (Å²) in [6.45, 7) is 3.77. The highest BCUT2D eigenvalue weighted by Gasteiger charge is 2.33. The molecule has 1 aromatic carbocycles. The van der Waals surface area contributed by atoms with E-state index < -0.39 is 11.7 Å². The van der Waals surface area contributed by atoms with Gasteiger partial charge < -0.3 is 4.57 Å². The second-order valence-corrected chi connectivity index (χ2v) is 5.24. The number of benzene rings is 1. The van der Waals surface area contributed by atoms with Gasteiger partial charge in [-0.3, -0.25) is 0 Å². The van der Waals surface area contributed by atoms with Crippen LogP contribution in [0.25, 0.3) is 0 Å². The maximum atomic E-state index is 13.2. The van der Waals surface area contributed by atoms with Gasteiger partial charge in [0.15, 0.2) is 0 Å². The first-order valence-electron chi connectivity index (χ1n) is 6.44. The van der Waals surface area contributed by atoms with E-state index in [9.17, 15) is 13.2 Å². The Balaban J connectivity index is 2.44. The van der Waals surface area contributed by atoms with Gasteiger partial charge in [0.1, 0.15) is 0 Å². The highest BCUT2D eigenvalue weighted by Crippen LogP contribution is 2.35. The molecule has 5 heteroatoms. The molecule has 0 bridgehead atoms. The van der Waals surface area contributed by atoms with Gasteiger partial charge in [0.25, 0.3) is 0 Å². The summed E-state index contributed by atoms with van der Waals surface area (Å²) in [5, 5.41) is 0. The van der Waals surface area contributed by atoms with E-state index in [0.29, 0.717) is 5.56 Å². The van der Waals surface area contributed by atoms with Crippen LogP contribution in [0.3, 0.4) is 0 Å². The molecule has 108 valence electrons. The predicted molar refractivity (Wildman–Crippen MR) is 71.5 cm³/mol. The Morgan fingerprint density at radius 2 is 1.95 bits per heavy atom. The molecule has 0 unspecified atom stereocenters. The molecule has 2 rings (SSSR count). The van der Waals surface area contributed by atoms with E-state index in [2.05, 4.69) is 4.98 Å². The van der Waals surface area contributed by atoms with Crippen molar-refractivity contribution in [1.82, 2.24) is 9.55 Å². The van der Waals surface area contributed by atoms with Crippen molar-refractivity contribution in [1.29, 1.82) is 0 Å². The maximum absolute atomic E-state index is 13.2. The molecule has 0 spiro atoms. The van der Waals surface area contributed by atoms with E-state index >= 15 is 0 Å². The second kappa shape index (κ2) is 5.31. The summed E-state index contributed by atoms with van der Waals surface area (Å²) in [7, 11) is 1.78. The first-order chi connectivity index (χ1) is 9.29. The third-order valence-electron chi connectivity index (χ3n) is 3.39. The number of imidazole rings is 1. The monoisotopic (exact) mass is 282 g/mol. The minimum Gasteiger partial charge on any atom is -0.337 e. The lowest BCUT2D eigenvalue weighted by molar-refractivity contribution is -0.138. The van der Waals surface area contributed by atoms with Crippen molar-refractivity contribution in [2.24, 2.45) is 7.05 Å². The number of halogens is 3. The summed E-state index contributed by atoms with van der Waals surface area (Å²) in [5.41, 5.74) is 1.19. The van der Waals surface area contributed by atoms with Crippen LogP contribution in [0.2, 0.25) is 0 Å². The molecule has 0 amide bonds. The predicted octanol–water partition coefficient (Wildman–Crippen LogP) is 4.15. The first kappa shape index (κ1) is 14.6. The van der Waals surface area contributed by atoms with Gasteiger partial charge in [0.2, 0.25) is 0 Å². The van der Waals surface area contributed by atoms with Gasteiger partial charge in [0, 0.05) is 25.4 Å². The zero-order valence-corrected chi connectivity index (χ0v) is 11.7. The van der Waals surface area contributed by atoms with Crippen molar-refractivity contribution in [3.05, 3.63) is 53.1 Å². The Kier molecular flexibility index (Phi) is 3.88. The third-order valence-corrected chi connectivity index (χ3v) is 3.39. The number of alkyl halides is 3. The molecule has 0 aliphatic rings.